The van der Waals surface area contributed by atoms with Gasteiger partial charge in [-0.25, -0.2) is 4.39 Å². The zero-order valence-electron chi connectivity index (χ0n) is 9.20. The summed E-state index contributed by atoms with van der Waals surface area (Å²) in [5.74, 6) is -0.966. The Bertz CT molecular complexity index is 427. The molecule has 1 aromatic rings. The second-order valence-corrected chi connectivity index (χ2v) is 4.03. The Morgan fingerprint density at radius 3 is 2.47 bits per heavy atom. The van der Waals surface area contributed by atoms with Gasteiger partial charge in [-0.05, 0) is 37.1 Å². The number of amides is 2. The van der Waals surface area contributed by atoms with Gasteiger partial charge in [0.25, 0.3) is 5.91 Å². The summed E-state index contributed by atoms with van der Waals surface area (Å²) in [5, 5.41) is 5.23. The SMILES string of the molecule is O=C(CNC(=O)c1ccc(F)cc1)NC1CC1. The van der Waals surface area contributed by atoms with E-state index in [1.54, 1.807) is 0 Å². The highest BCUT2D eigenvalue weighted by molar-refractivity contribution is 5.96. The smallest absolute Gasteiger partial charge is 0.251 e. The molecule has 0 heterocycles. The first-order valence-electron chi connectivity index (χ1n) is 5.48. The third-order valence-electron chi connectivity index (χ3n) is 2.46. The second-order valence-electron chi connectivity index (χ2n) is 4.03. The van der Waals surface area contributed by atoms with Gasteiger partial charge in [-0.15, -0.1) is 0 Å². The first kappa shape index (κ1) is 11.6. The summed E-state index contributed by atoms with van der Waals surface area (Å²) in [6.45, 7) is -0.0489. The average molecular weight is 236 g/mol. The van der Waals surface area contributed by atoms with Crippen molar-refractivity contribution in [2.75, 3.05) is 6.54 Å². The Balaban J connectivity index is 1.79. The van der Waals surface area contributed by atoms with Crippen LogP contribution >= 0.6 is 0 Å². The number of rotatable bonds is 4. The van der Waals surface area contributed by atoms with Gasteiger partial charge >= 0.3 is 0 Å². The molecule has 0 saturated heterocycles. The van der Waals surface area contributed by atoms with Crippen LogP contribution in [0, 0.1) is 5.82 Å². The van der Waals surface area contributed by atoms with Gasteiger partial charge in [-0.1, -0.05) is 0 Å². The highest BCUT2D eigenvalue weighted by Gasteiger charge is 2.23. The Labute approximate surface area is 98.2 Å². The predicted octanol–water partition coefficient (Wildman–Crippen LogP) is 0.834. The van der Waals surface area contributed by atoms with Crippen molar-refractivity contribution in [1.29, 1.82) is 0 Å². The molecule has 2 rings (SSSR count). The quantitative estimate of drug-likeness (QED) is 0.813. The highest BCUT2D eigenvalue weighted by Crippen LogP contribution is 2.18. The van der Waals surface area contributed by atoms with E-state index >= 15 is 0 Å². The Morgan fingerprint density at radius 2 is 1.88 bits per heavy atom. The van der Waals surface area contributed by atoms with Crippen molar-refractivity contribution in [1.82, 2.24) is 10.6 Å². The molecule has 90 valence electrons. The third-order valence-corrected chi connectivity index (χ3v) is 2.46. The first-order chi connectivity index (χ1) is 8.15. The second kappa shape index (κ2) is 4.95. The van der Waals surface area contributed by atoms with E-state index in [1.807, 2.05) is 0 Å². The molecule has 1 saturated carbocycles. The van der Waals surface area contributed by atoms with Crippen molar-refractivity contribution < 1.29 is 14.0 Å². The fourth-order valence-electron chi connectivity index (χ4n) is 1.37. The summed E-state index contributed by atoms with van der Waals surface area (Å²) < 4.78 is 12.6. The fraction of sp³-hybridized carbons (Fsp3) is 0.333. The topological polar surface area (TPSA) is 58.2 Å². The molecular formula is C12H13FN2O2. The van der Waals surface area contributed by atoms with Crippen molar-refractivity contribution in [3.05, 3.63) is 35.6 Å². The molecule has 2 N–H and O–H groups in total. The van der Waals surface area contributed by atoms with E-state index in [0.717, 1.165) is 12.8 Å². The lowest BCUT2D eigenvalue weighted by molar-refractivity contribution is -0.120. The van der Waals surface area contributed by atoms with Crippen LogP contribution in [0.2, 0.25) is 0 Å². The molecule has 1 aliphatic rings. The normalized spacial score (nSPS) is 14.2. The summed E-state index contributed by atoms with van der Waals surface area (Å²) in [6.07, 6.45) is 2.02. The molecule has 0 aromatic heterocycles. The van der Waals surface area contributed by atoms with Crippen molar-refractivity contribution in [3.63, 3.8) is 0 Å². The maximum absolute atomic E-state index is 12.6. The number of hydrogen-bond donors (Lipinski definition) is 2. The monoisotopic (exact) mass is 236 g/mol. The molecule has 0 unspecified atom stereocenters. The van der Waals surface area contributed by atoms with Crippen LogP contribution in [0.5, 0.6) is 0 Å². The molecule has 1 fully saturated rings. The first-order valence-corrected chi connectivity index (χ1v) is 5.48. The van der Waals surface area contributed by atoms with E-state index in [1.165, 1.54) is 24.3 Å². The van der Waals surface area contributed by atoms with Crippen LogP contribution < -0.4 is 10.6 Å². The number of hydrogen-bond acceptors (Lipinski definition) is 2. The molecule has 1 aromatic carbocycles. The van der Waals surface area contributed by atoms with Crippen LogP contribution in [0.1, 0.15) is 23.2 Å². The number of nitrogens with one attached hydrogen (secondary N) is 2. The molecule has 0 radical (unpaired) electrons. The summed E-state index contributed by atoms with van der Waals surface area (Å²) in [6, 6.07) is 5.45. The zero-order chi connectivity index (χ0) is 12.3. The summed E-state index contributed by atoms with van der Waals surface area (Å²) >= 11 is 0. The van der Waals surface area contributed by atoms with Crippen molar-refractivity contribution in [2.24, 2.45) is 0 Å². The number of carbonyl (C=O) groups is 2. The number of halogens is 1. The van der Waals surface area contributed by atoms with Gasteiger partial charge in [-0.2, -0.15) is 0 Å². The summed E-state index contributed by atoms with van der Waals surface area (Å²) in [7, 11) is 0. The van der Waals surface area contributed by atoms with Crippen molar-refractivity contribution in [2.45, 2.75) is 18.9 Å². The lowest BCUT2D eigenvalue weighted by Crippen LogP contribution is -2.37. The molecule has 5 heteroatoms. The van der Waals surface area contributed by atoms with Crippen LogP contribution in [-0.2, 0) is 4.79 Å². The van der Waals surface area contributed by atoms with Gasteiger partial charge in [-0.3, -0.25) is 9.59 Å². The molecule has 4 nitrogen and oxygen atoms in total. The van der Waals surface area contributed by atoms with Gasteiger partial charge in [0, 0.05) is 11.6 Å². The van der Waals surface area contributed by atoms with Crippen LogP contribution in [0.4, 0.5) is 4.39 Å². The largest absolute Gasteiger partial charge is 0.352 e. The Hall–Kier alpha value is -1.91. The number of benzene rings is 1. The molecule has 0 bridgehead atoms. The van der Waals surface area contributed by atoms with E-state index in [2.05, 4.69) is 10.6 Å². The van der Waals surface area contributed by atoms with E-state index in [9.17, 15) is 14.0 Å². The zero-order valence-corrected chi connectivity index (χ0v) is 9.20. The van der Waals surface area contributed by atoms with Crippen molar-refractivity contribution >= 4 is 11.8 Å². The molecule has 0 spiro atoms. The van der Waals surface area contributed by atoms with Gasteiger partial charge in [0.1, 0.15) is 5.82 Å². The fourth-order valence-corrected chi connectivity index (χ4v) is 1.37. The van der Waals surface area contributed by atoms with E-state index in [-0.39, 0.29) is 24.4 Å². The van der Waals surface area contributed by atoms with E-state index < -0.39 is 5.82 Å². The molecule has 17 heavy (non-hydrogen) atoms. The van der Waals surface area contributed by atoms with Gasteiger partial charge in [0.05, 0.1) is 6.54 Å². The molecule has 0 aliphatic heterocycles. The Kier molecular flexibility index (Phi) is 3.37. The average Bonchev–Trinajstić information content (AvgIpc) is 3.11. The lowest BCUT2D eigenvalue weighted by atomic mass is 10.2. The predicted molar refractivity (Wildman–Crippen MR) is 59.9 cm³/mol. The molecule has 1 aliphatic carbocycles. The van der Waals surface area contributed by atoms with Crippen LogP contribution in [-0.4, -0.2) is 24.4 Å². The summed E-state index contributed by atoms with van der Waals surface area (Å²) in [4.78, 5) is 22.8. The molecular weight excluding hydrogens is 223 g/mol. The highest BCUT2D eigenvalue weighted by atomic mass is 19.1. The Morgan fingerprint density at radius 1 is 1.24 bits per heavy atom. The van der Waals surface area contributed by atoms with E-state index in [0.29, 0.717) is 5.56 Å². The van der Waals surface area contributed by atoms with Gasteiger partial charge < -0.3 is 10.6 Å². The van der Waals surface area contributed by atoms with Crippen LogP contribution in [0.25, 0.3) is 0 Å². The third kappa shape index (κ3) is 3.55. The van der Waals surface area contributed by atoms with Gasteiger partial charge in [0.15, 0.2) is 0 Å². The number of carbonyl (C=O) groups excluding carboxylic acids is 2. The maximum atomic E-state index is 12.6. The van der Waals surface area contributed by atoms with Gasteiger partial charge in [0.2, 0.25) is 5.91 Å². The molecule has 0 atom stereocenters. The van der Waals surface area contributed by atoms with Crippen LogP contribution in [0.3, 0.4) is 0 Å². The lowest BCUT2D eigenvalue weighted by Gasteiger charge is -2.05. The minimum atomic E-state index is -0.395. The maximum Gasteiger partial charge on any atom is 0.251 e. The minimum Gasteiger partial charge on any atom is -0.352 e. The van der Waals surface area contributed by atoms with Crippen molar-refractivity contribution in [3.8, 4) is 0 Å². The summed E-state index contributed by atoms with van der Waals surface area (Å²) in [5.41, 5.74) is 0.339. The molecule has 2 amide bonds. The standard InChI is InChI=1S/C12H13FN2O2/c13-9-3-1-8(2-4-9)12(17)14-7-11(16)15-10-5-6-10/h1-4,10H,5-7H2,(H,14,17)(H,15,16). The van der Waals surface area contributed by atoms with E-state index in [4.69, 9.17) is 0 Å². The van der Waals surface area contributed by atoms with Crippen LogP contribution in [0.15, 0.2) is 24.3 Å². The minimum absolute atomic E-state index is 0.0489.